The molecule has 1 aliphatic heterocycles. The van der Waals surface area contributed by atoms with Gasteiger partial charge in [0.05, 0.1) is 18.4 Å². The molecule has 0 bridgehead atoms. The van der Waals surface area contributed by atoms with Crippen molar-refractivity contribution in [3.8, 4) is 0 Å². The van der Waals surface area contributed by atoms with E-state index in [1.165, 1.54) is 11.4 Å². The fourth-order valence-electron chi connectivity index (χ4n) is 4.94. The van der Waals surface area contributed by atoms with Gasteiger partial charge in [-0.25, -0.2) is 4.79 Å². The van der Waals surface area contributed by atoms with Crippen LogP contribution in [-0.2, 0) is 14.3 Å². The van der Waals surface area contributed by atoms with E-state index in [4.69, 9.17) is 15.2 Å². The van der Waals surface area contributed by atoms with Crippen LogP contribution in [-0.4, -0.2) is 41.7 Å². The molecule has 0 unspecified atom stereocenters. The second kappa shape index (κ2) is 6.83. The Morgan fingerprint density at radius 3 is 2.65 bits per heavy atom. The molecule has 26 heavy (non-hydrogen) atoms. The van der Waals surface area contributed by atoms with Crippen LogP contribution in [0.2, 0.25) is 0 Å². The molecule has 0 aromatic heterocycles. The fraction of sp³-hybridized carbons (Fsp3) is 0.842. The molecule has 146 valence electrons. The molecule has 7 heteroatoms. The molecule has 2 aliphatic carbocycles. The maximum Gasteiger partial charge on any atom is 0.337 e. The van der Waals surface area contributed by atoms with Crippen molar-refractivity contribution in [1.29, 1.82) is 0 Å². The Bertz CT molecular complexity index is 618. The summed E-state index contributed by atoms with van der Waals surface area (Å²) in [7, 11) is 0. The molecular weight excluding hydrogens is 334 g/mol. The molecule has 6 atom stereocenters. The van der Waals surface area contributed by atoms with Crippen LogP contribution in [0.1, 0.15) is 53.9 Å². The van der Waals surface area contributed by atoms with Gasteiger partial charge in [0.25, 0.3) is 0 Å². The van der Waals surface area contributed by atoms with E-state index in [1.54, 1.807) is 13.8 Å². The average Bonchev–Trinajstić information content (AvgIpc) is 3.12. The predicted molar refractivity (Wildman–Crippen MR) is 97.1 cm³/mol. The maximum atomic E-state index is 12.3. The van der Waals surface area contributed by atoms with Crippen LogP contribution >= 0.6 is 0 Å². The molecule has 7 nitrogen and oxygen atoms in total. The summed E-state index contributed by atoms with van der Waals surface area (Å²) in [5.41, 5.74) is 6.32. The first-order valence-corrected chi connectivity index (χ1v) is 9.64. The second-order valence-electron chi connectivity index (χ2n) is 8.53. The zero-order valence-corrected chi connectivity index (χ0v) is 16.4. The van der Waals surface area contributed by atoms with E-state index >= 15 is 0 Å². The zero-order valence-electron chi connectivity index (χ0n) is 16.4. The van der Waals surface area contributed by atoms with E-state index in [0.717, 1.165) is 6.42 Å². The predicted octanol–water partition coefficient (Wildman–Crippen LogP) is 2.74. The summed E-state index contributed by atoms with van der Waals surface area (Å²) in [4.78, 5) is 24.2. The number of carbonyl (C=O) groups is 2. The molecule has 2 amide bonds. The summed E-state index contributed by atoms with van der Waals surface area (Å²) in [6, 6.07) is -0.660. The Labute approximate surface area is 155 Å². The number of carbonyl (C=O) groups excluding carboxylic acids is 2. The van der Waals surface area contributed by atoms with Crippen LogP contribution in [0.4, 0.5) is 4.79 Å². The molecule has 0 spiro atoms. The highest BCUT2D eigenvalue weighted by atomic mass is 16.5. The summed E-state index contributed by atoms with van der Waals surface area (Å²) >= 11 is 0. The van der Waals surface area contributed by atoms with Crippen molar-refractivity contribution in [3.63, 3.8) is 0 Å². The number of nitrogens with two attached hydrogens (primary N) is 1. The lowest BCUT2D eigenvalue weighted by atomic mass is 9.87. The van der Waals surface area contributed by atoms with Crippen molar-refractivity contribution in [2.24, 2.45) is 39.9 Å². The Balaban J connectivity index is 1.80. The lowest BCUT2D eigenvalue weighted by molar-refractivity contribution is -0.154. The molecule has 1 heterocycles. The van der Waals surface area contributed by atoms with Gasteiger partial charge in [0.1, 0.15) is 5.92 Å². The number of fused-ring (bicyclic) bond motifs is 1. The van der Waals surface area contributed by atoms with E-state index in [-0.39, 0.29) is 17.5 Å². The zero-order chi connectivity index (χ0) is 19.2. The first-order chi connectivity index (χ1) is 12.2. The van der Waals surface area contributed by atoms with Crippen LogP contribution in [0, 0.1) is 29.1 Å². The summed E-state index contributed by atoms with van der Waals surface area (Å²) in [6.45, 7) is 10.6. The van der Waals surface area contributed by atoms with Gasteiger partial charge in [-0.05, 0) is 49.9 Å². The number of ether oxygens (including phenoxy) is 2. The van der Waals surface area contributed by atoms with Crippen molar-refractivity contribution in [1.82, 2.24) is 5.01 Å². The Kier molecular flexibility index (Phi) is 5.03. The quantitative estimate of drug-likeness (QED) is 0.775. The lowest BCUT2D eigenvalue weighted by Gasteiger charge is -2.38. The molecule has 2 saturated carbocycles. The van der Waals surface area contributed by atoms with Gasteiger partial charge in [0.2, 0.25) is 0 Å². The molecular formula is C19H31N3O4. The maximum absolute atomic E-state index is 12.3. The van der Waals surface area contributed by atoms with Crippen molar-refractivity contribution in [2.75, 3.05) is 6.61 Å². The first kappa shape index (κ1) is 19.1. The number of hydrazone groups is 1. The van der Waals surface area contributed by atoms with Gasteiger partial charge in [-0.3, -0.25) is 4.79 Å². The molecule has 2 fully saturated rings. The number of urea groups is 1. The Morgan fingerprint density at radius 2 is 2.04 bits per heavy atom. The van der Waals surface area contributed by atoms with E-state index < -0.39 is 18.2 Å². The molecule has 0 aromatic rings. The monoisotopic (exact) mass is 365 g/mol. The summed E-state index contributed by atoms with van der Waals surface area (Å²) in [5, 5.41) is 5.45. The van der Waals surface area contributed by atoms with Crippen LogP contribution in [0.3, 0.4) is 0 Å². The highest BCUT2D eigenvalue weighted by molar-refractivity contribution is 6.01. The van der Waals surface area contributed by atoms with Crippen molar-refractivity contribution in [2.45, 2.75) is 66.2 Å². The van der Waals surface area contributed by atoms with Crippen LogP contribution in [0.25, 0.3) is 0 Å². The van der Waals surface area contributed by atoms with E-state index in [9.17, 15) is 9.59 Å². The number of hydrogen-bond donors (Lipinski definition) is 1. The summed E-state index contributed by atoms with van der Waals surface area (Å²) in [6.07, 6.45) is 2.09. The van der Waals surface area contributed by atoms with Gasteiger partial charge in [-0.2, -0.15) is 10.1 Å². The normalized spacial score (nSPS) is 38.2. The minimum absolute atomic E-state index is 0.0482. The van der Waals surface area contributed by atoms with E-state index in [0.29, 0.717) is 36.5 Å². The minimum Gasteiger partial charge on any atom is -0.465 e. The number of hydrogen-bond acceptors (Lipinski definition) is 5. The highest BCUT2D eigenvalue weighted by Crippen LogP contribution is 2.66. The van der Waals surface area contributed by atoms with E-state index in [2.05, 4.69) is 25.9 Å². The summed E-state index contributed by atoms with van der Waals surface area (Å²) in [5.74, 6) is 0.723. The number of primary amides is 1. The minimum atomic E-state index is -0.660. The second-order valence-corrected chi connectivity index (χ2v) is 8.53. The number of amides is 2. The average molecular weight is 365 g/mol. The standard InChI is InChI=1S/C19H31N3O4/c1-6-25-17(23)12-9-14(22(18(20)24)21-11(12)3)26-16-10(2)7-8-13-15(16)19(13,4)5/h10,12-16H,6-9H2,1-5H3,(H2,20,24)/t10-,12+,13+,14-,15-,16+/m0/s1. The molecule has 0 radical (unpaired) electrons. The van der Waals surface area contributed by atoms with Gasteiger partial charge >= 0.3 is 12.0 Å². The smallest absolute Gasteiger partial charge is 0.337 e. The topological polar surface area (TPSA) is 94.2 Å². The number of esters is 1. The van der Waals surface area contributed by atoms with Crippen LogP contribution in [0.15, 0.2) is 5.10 Å². The van der Waals surface area contributed by atoms with Crippen LogP contribution in [0.5, 0.6) is 0 Å². The van der Waals surface area contributed by atoms with Gasteiger partial charge in [0.15, 0.2) is 6.23 Å². The highest BCUT2D eigenvalue weighted by Gasteiger charge is 2.64. The van der Waals surface area contributed by atoms with Gasteiger partial charge < -0.3 is 15.2 Å². The van der Waals surface area contributed by atoms with Crippen molar-refractivity contribution >= 4 is 17.7 Å². The van der Waals surface area contributed by atoms with Crippen molar-refractivity contribution in [3.05, 3.63) is 0 Å². The molecule has 3 aliphatic rings. The fourth-order valence-corrected chi connectivity index (χ4v) is 4.94. The van der Waals surface area contributed by atoms with Gasteiger partial charge in [-0.15, -0.1) is 0 Å². The largest absolute Gasteiger partial charge is 0.465 e. The molecule has 3 rings (SSSR count). The van der Waals surface area contributed by atoms with Crippen molar-refractivity contribution < 1.29 is 19.1 Å². The van der Waals surface area contributed by atoms with Crippen LogP contribution < -0.4 is 5.73 Å². The Morgan fingerprint density at radius 1 is 1.35 bits per heavy atom. The Hall–Kier alpha value is -1.63. The molecule has 2 N–H and O–H groups in total. The van der Waals surface area contributed by atoms with Gasteiger partial charge in [-0.1, -0.05) is 20.8 Å². The first-order valence-electron chi connectivity index (χ1n) is 9.64. The SMILES string of the molecule is CCOC(=O)[C@@H]1C[C@H](O[C@H]2[C@@H]3[C@@H](CC[C@@H]2C)C3(C)C)N(C(N)=O)N=C1C. The third kappa shape index (κ3) is 3.21. The van der Waals surface area contributed by atoms with Gasteiger partial charge in [0, 0.05) is 6.42 Å². The third-order valence-electron chi connectivity index (χ3n) is 6.58. The summed E-state index contributed by atoms with van der Waals surface area (Å²) < 4.78 is 11.6. The molecule has 0 aromatic carbocycles. The lowest BCUT2D eigenvalue weighted by Crippen LogP contribution is -2.51. The molecule has 0 saturated heterocycles. The van der Waals surface area contributed by atoms with E-state index in [1.807, 2.05) is 0 Å². The number of nitrogens with zero attached hydrogens (tertiary/aromatic N) is 2. The third-order valence-corrected chi connectivity index (χ3v) is 6.58. The number of rotatable bonds is 4.